The molecule has 0 aliphatic rings. The Morgan fingerprint density at radius 2 is 0.737 bits per heavy atom. The number of hydrogen-bond donors (Lipinski definition) is 0. The SMILES string of the molecule is Cc1c(-c2ccc3c(c2)c2cc(-c4ccccc4)ccc2n3-c2ccccc2)cccc1-c1cccc(-c2nc(-c3ccccc3)nc(-c3ccccc3)n2)c1C. The fraction of sp³-hybridized carbons (Fsp3) is 0.0377. The Hall–Kier alpha value is -7.43. The second-order valence-corrected chi connectivity index (χ2v) is 14.5. The van der Waals surface area contributed by atoms with Crippen molar-refractivity contribution in [3.8, 4) is 73.2 Å². The lowest BCUT2D eigenvalue weighted by Crippen LogP contribution is -2.01. The summed E-state index contributed by atoms with van der Waals surface area (Å²) in [5, 5.41) is 2.46. The highest BCUT2D eigenvalue weighted by molar-refractivity contribution is 6.11. The van der Waals surface area contributed by atoms with Crippen LogP contribution in [-0.2, 0) is 0 Å². The van der Waals surface area contributed by atoms with Gasteiger partial charge in [0.2, 0.25) is 0 Å². The lowest BCUT2D eigenvalue weighted by Gasteiger charge is -2.17. The number of hydrogen-bond acceptors (Lipinski definition) is 3. The third kappa shape index (κ3) is 6.18. The molecule has 0 spiro atoms. The third-order valence-electron chi connectivity index (χ3n) is 11.1. The number of fused-ring (bicyclic) bond motifs is 3. The van der Waals surface area contributed by atoms with Gasteiger partial charge in [-0.25, -0.2) is 15.0 Å². The molecule has 10 aromatic rings. The predicted molar refractivity (Wildman–Crippen MR) is 236 cm³/mol. The van der Waals surface area contributed by atoms with Crippen molar-refractivity contribution in [1.29, 1.82) is 0 Å². The molecule has 4 nitrogen and oxygen atoms in total. The standard InChI is InChI=1S/C53H38N4/c1-35-43(41-30-32-50-48(34-41)47-33-40(37-17-7-3-8-18-37)29-31-49(47)57(50)42-23-13-6-14-24-42)25-15-26-44(35)45-27-16-28-46(36(45)2)53-55-51(38-19-9-4-10-20-38)54-52(56-53)39-21-11-5-12-22-39/h3-34H,1-2H3. The summed E-state index contributed by atoms with van der Waals surface area (Å²) in [5.41, 5.74) is 15.9. The van der Waals surface area contributed by atoms with Crippen molar-refractivity contribution in [3.63, 3.8) is 0 Å². The normalized spacial score (nSPS) is 11.3. The predicted octanol–water partition coefficient (Wildman–Crippen LogP) is 13.6. The summed E-state index contributed by atoms with van der Waals surface area (Å²) in [6.45, 7) is 4.42. The molecule has 0 radical (unpaired) electrons. The van der Waals surface area contributed by atoms with Crippen LogP contribution in [0.3, 0.4) is 0 Å². The van der Waals surface area contributed by atoms with Gasteiger partial charge >= 0.3 is 0 Å². The smallest absolute Gasteiger partial charge is 0.164 e. The Bertz CT molecular complexity index is 3000. The van der Waals surface area contributed by atoms with E-state index in [-0.39, 0.29) is 0 Å². The number of nitrogens with zero attached hydrogens (tertiary/aromatic N) is 4. The van der Waals surface area contributed by atoms with Gasteiger partial charge in [-0.05, 0) is 94.8 Å². The van der Waals surface area contributed by atoms with E-state index in [1.807, 2.05) is 60.7 Å². The van der Waals surface area contributed by atoms with Crippen LogP contribution < -0.4 is 0 Å². The van der Waals surface area contributed by atoms with Crippen LogP contribution in [-0.4, -0.2) is 19.5 Å². The lowest BCUT2D eigenvalue weighted by molar-refractivity contribution is 1.07. The van der Waals surface area contributed by atoms with E-state index in [2.05, 4.69) is 152 Å². The molecule has 0 bridgehead atoms. The average Bonchev–Trinajstić information content (AvgIpc) is 3.61. The summed E-state index contributed by atoms with van der Waals surface area (Å²) in [5.74, 6) is 1.97. The molecule has 0 aliphatic carbocycles. The van der Waals surface area contributed by atoms with E-state index in [1.165, 1.54) is 55.2 Å². The number of para-hydroxylation sites is 1. The zero-order valence-electron chi connectivity index (χ0n) is 31.8. The minimum absolute atomic E-state index is 0.655. The van der Waals surface area contributed by atoms with Crippen LogP contribution in [0, 0.1) is 13.8 Å². The molecule has 2 heterocycles. The summed E-state index contributed by atoms with van der Waals surface area (Å²) < 4.78 is 2.38. The minimum Gasteiger partial charge on any atom is -0.309 e. The monoisotopic (exact) mass is 730 g/mol. The molecule has 270 valence electrons. The van der Waals surface area contributed by atoms with E-state index in [1.54, 1.807) is 0 Å². The van der Waals surface area contributed by atoms with E-state index in [4.69, 9.17) is 15.0 Å². The largest absolute Gasteiger partial charge is 0.309 e. The zero-order chi connectivity index (χ0) is 38.3. The Morgan fingerprint density at radius 3 is 1.30 bits per heavy atom. The van der Waals surface area contributed by atoms with E-state index >= 15 is 0 Å². The maximum atomic E-state index is 5.06. The van der Waals surface area contributed by atoms with Gasteiger partial charge in [0.05, 0.1) is 11.0 Å². The van der Waals surface area contributed by atoms with Gasteiger partial charge in [0.25, 0.3) is 0 Å². The first kappa shape index (κ1) is 34.1. The van der Waals surface area contributed by atoms with Gasteiger partial charge in [0.1, 0.15) is 0 Å². The molecule has 0 unspecified atom stereocenters. The fourth-order valence-corrected chi connectivity index (χ4v) is 8.20. The third-order valence-corrected chi connectivity index (χ3v) is 11.1. The van der Waals surface area contributed by atoms with Crippen LogP contribution in [0.15, 0.2) is 194 Å². The molecule has 0 aliphatic heterocycles. The second-order valence-electron chi connectivity index (χ2n) is 14.5. The molecule has 0 saturated heterocycles. The zero-order valence-corrected chi connectivity index (χ0v) is 31.8. The van der Waals surface area contributed by atoms with Crippen molar-refractivity contribution in [2.75, 3.05) is 0 Å². The van der Waals surface area contributed by atoms with Crippen LogP contribution in [0.4, 0.5) is 0 Å². The van der Waals surface area contributed by atoms with Gasteiger partial charge in [-0.3, -0.25) is 0 Å². The van der Waals surface area contributed by atoms with E-state index in [9.17, 15) is 0 Å². The van der Waals surface area contributed by atoms with Gasteiger partial charge in [-0.15, -0.1) is 0 Å². The highest BCUT2D eigenvalue weighted by Crippen LogP contribution is 2.40. The van der Waals surface area contributed by atoms with Crippen molar-refractivity contribution >= 4 is 21.8 Å². The van der Waals surface area contributed by atoms with Crippen LogP contribution in [0.2, 0.25) is 0 Å². The summed E-state index contributed by atoms with van der Waals surface area (Å²) >= 11 is 0. The molecule has 0 saturated carbocycles. The van der Waals surface area contributed by atoms with Crippen LogP contribution in [0.1, 0.15) is 11.1 Å². The van der Waals surface area contributed by atoms with Crippen LogP contribution in [0.5, 0.6) is 0 Å². The highest BCUT2D eigenvalue weighted by Gasteiger charge is 2.19. The first-order valence-corrected chi connectivity index (χ1v) is 19.4. The van der Waals surface area contributed by atoms with E-state index < -0.39 is 0 Å². The number of benzene rings is 8. The molecular formula is C53H38N4. The summed E-state index contributed by atoms with van der Waals surface area (Å²) in [6.07, 6.45) is 0. The molecule has 10 rings (SSSR count). The van der Waals surface area contributed by atoms with Crippen molar-refractivity contribution < 1.29 is 0 Å². The summed E-state index contributed by atoms with van der Waals surface area (Å²) in [4.78, 5) is 15.0. The average molecular weight is 731 g/mol. The Morgan fingerprint density at radius 1 is 0.316 bits per heavy atom. The molecule has 8 aromatic carbocycles. The number of aromatic nitrogens is 4. The molecule has 0 fully saturated rings. The maximum Gasteiger partial charge on any atom is 0.164 e. The minimum atomic E-state index is 0.655. The van der Waals surface area contributed by atoms with Gasteiger partial charge in [-0.1, -0.05) is 158 Å². The summed E-state index contributed by atoms with van der Waals surface area (Å²) in [7, 11) is 0. The molecule has 57 heavy (non-hydrogen) atoms. The van der Waals surface area contributed by atoms with E-state index in [0.717, 1.165) is 33.5 Å². The van der Waals surface area contributed by atoms with Crippen molar-refractivity contribution in [2.24, 2.45) is 0 Å². The maximum absolute atomic E-state index is 5.06. The molecule has 2 aromatic heterocycles. The van der Waals surface area contributed by atoms with Gasteiger partial charge < -0.3 is 4.57 Å². The van der Waals surface area contributed by atoms with Gasteiger partial charge in [0.15, 0.2) is 17.5 Å². The van der Waals surface area contributed by atoms with Crippen molar-refractivity contribution in [1.82, 2.24) is 19.5 Å². The second kappa shape index (κ2) is 14.3. The van der Waals surface area contributed by atoms with Crippen LogP contribution >= 0.6 is 0 Å². The molecule has 4 heteroatoms. The molecule has 0 atom stereocenters. The van der Waals surface area contributed by atoms with Gasteiger partial charge in [0, 0.05) is 33.2 Å². The van der Waals surface area contributed by atoms with Crippen LogP contribution in [0.25, 0.3) is 95.0 Å². The lowest BCUT2D eigenvalue weighted by atomic mass is 9.89. The Balaban J connectivity index is 1.11. The number of rotatable bonds is 7. The van der Waals surface area contributed by atoms with Crippen molar-refractivity contribution in [3.05, 3.63) is 205 Å². The molecular weight excluding hydrogens is 693 g/mol. The summed E-state index contributed by atoms with van der Waals surface area (Å²) in [6, 6.07) is 68.5. The highest BCUT2D eigenvalue weighted by atomic mass is 15.0. The molecule has 0 N–H and O–H groups in total. The van der Waals surface area contributed by atoms with E-state index in [0.29, 0.717) is 17.5 Å². The quantitative estimate of drug-likeness (QED) is 0.164. The topological polar surface area (TPSA) is 43.6 Å². The Kier molecular flexibility index (Phi) is 8.57. The van der Waals surface area contributed by atoms with Gasteiger partial charge in [-0.2, -0.15) is 0 Å². The molecule has 0 amide bonds. The first-order valence-electron chi connectivity index (χ1n) is 19.4. The van der Waals surface area contributed by atoms with Crippen molar-refractivity contribution in [2.45, 2.75) is 13.8 Å². The Labute approximate surface area is 332 Å². The fourth-order valence-electron chi connectivity index (χ4n) is 8.20. The first-order chi connectivity index (χ1) is 28.1.